The number of nitrogens with zero attached hydrogens (tertiary/aromatic N) is 4. The van der Waals surface area contributed by atoms with Crippen molar-refractivity contribution in [2.45, 2.75) is 33.4 Å². The largest absolute Gasteiger partial charge is 0.437 e. The zero-order valence-corrected chi connectivity index (χ0v) is 14.8. The fraction of sp³-hybridized carbons (Fsp3) is 0.263. The maximum atomic E-state index is 12.2. The van der Waals surface area contributed by atoms with E-state index in [-0.39, 0.29) is 12.5 Å². The maximum Gasteiger partial charge on any atom is 0.240 e. The van der Waals surface area contributed by atoms with Crippen LogP contribution < -0.4 is 10.1 Å². The summed E-state index contributed by atoms with van der Waals surface area (Å²) in [4.78, 5) is 24.9. The van der Waals surface area contributed by atoms with Crippen molar-refractivity contribution in [3.05, 3.63) is 66.1 Å². The summed E-state index contributed by atoms with van der Waals surface area (Å²) >= 11 is 0. The Morgan fingerprint density at radius 3 is 2.85 bits per heavy atom. The average Bonchev–Trinajstić information content (AvgIpc) is 3.10. The maximum absolute atomic E-state index is 12.2. The van der Waals surface area contributed by atoms with Crippen LogP contribution in [0.5, 0.6) is 11.6 Å². The molecule has 0 aromatic carbocycles. The van der Waals surface area contributed by atoms with Crippen molar-refractivity contribution in [2.24, 2.45) is 0 Å². The van der Waals surface area contributed by atoms with Gasteiger partial charge in [0.15, 0.2) is 0 Å². The molecule has 0 aliphatic rings. The highest BCUT2D eigenvalue weighted by atomic mass is 16.5. The van der Waals surface area contributed by atoms with Gasteiger partial charge in [0.1, 0.15) is 18.1 Å². The Morgan fingerprint density at radius 1 is 1.19 bits per heavy atom. The molecule has 7 nitrogen and oxygen atoms in total. The second-order valence-corrected chi connectivity index (χ2v) is 5.81. The number of aryl methyl sites for hydroxylation is 2. The Kier molecular flexibility index (Phi) is 5.58. The van der Waals surface area contributed by atoms with E-state index in [2.05, 4.69) is 20.3 Å². The fourth-order valence-corrected chi connectivity index (χ4v) is 2.48. The molecule has 0 saturated carbocycles. The molecule has 26 heavy (non-hydrogen) atoms. The first-order valence-corrected chi connectivity index (χ1v) is 8.47. The number of aromatic nitrogens is 4. The minimum atomic E-state index is -0.0931. The van der Waals surface area contributed by atoms with Gasteiger partial charge in [-0.1, -0.05) is 13.0 Å². The smallest absolute Gasteiger partial charge is 0.240 e. The lowest BCUT2D eigenvalue weighted by atomic mass is 10.2. The normalized spacial score (nSPS) is 10.5. The second-order valence-electron chi connectivity index (χ2n) is 5.81. The number of pyridine rings is 2. The minimum absolute atomic E-state index is 0.0931. The molecule has 3 heterocycles. The van der Waals surface area contributed by atoms with Crippen molar-refractivity contribution in [3.63, 3.8) is 0 Å². The van der Waals surface area contributed by atoms with E-state index in [0.717, 1.165) is 23.5 Å². The number of hydrogen-bond acceptors (Lipinski definition) is 5. The third-order valence-corrected chi connectivity index (χ3v) is 3.86. The van der Waals surface area contributed by atoms with Crippen molar-refractivity contribution in [1.29, 1.82) is 0 Å². The monoisotopic (exact) mass is 351 g/mol. The summed E-state index contributed by atoms with van der Waals surface area (Å²) in [6.07, 6.45) is 7.60. The highest BCUT2D eigenvalue weighted by Gasteiger charge is 2.10. The number of hydrogen-bond donors (Lipinski definition) is 1. The van der Waals surface area contributed by atoms with Crippen molar-refractivity contribution < 1.29 is 9.53 Å². The summed E-state index contributed by atoms with van der Waals surface area (Å²) in [5, 5.41) is 2.90. The van der Waals surface area contributed by atoms with Crippen LogP contribution in [-0.2, 0) is 24.3 Å². The van der Waals surface area contributed by atoms with E-state index < -0.39 is 0 Å². The van der Waals surface area contributed by atoms with Gasteiger partial charge in [-0.3, -0.25) is 9.78 Å². The molecule has 3 rings (SSSR count). The lowest BCUT2D eigenvalue weighted by molar-refractivity contribution is -0.121. The lowest BCUT2D eigenvalue weighted by Gasteiger charge is -2.11. The highest BCUT2D eigenvalue weighted by molar-refractivity contribution is 5.75. The van der Waals surface area contributed by atoms with Gasteiger partial charge in [0.25, 0.3) is 0 Å². The summed E-state index contributed by atoms with van der Waals surface area (Å²) in [6.45, 7) is 4.49. The van der Waals surface area contributed by atoms with E-state index in [1.807, 2.05) is 42.7 Å². The van der Waals surface area contributed by atoms with E-state index in [1.165, 1.54) is 0 Å². The van der Waals surface area contributed by atoms with Gasteiger partial charge < -0.3 is 14.6 Å². The van der Waals surface area contributed by atoms with Crippen LogP contribution in [0.3, 0.4) is 0 Å². The fourth-order valence-electron chi connectivity index (χ4n) is 2.48. The zero-order valence-electron chi connectivity index (χ0n) is 14.8. The summed E-state index contributed by atoms with van der Waals surface area (Å²) in [7, 11) is 0. The number of ether oxygens (including phenoxy) is 1. The molecule has 0 aliphatic carbocycles. The molecule has 7 heteroatoms. The molecule has 0 atom stereocenters. The Hall–Kier alpha value is -3.22. The van der Waals surface area contributed by atoms with Crippen molar-refractivity contribution in [1.82, 2.24) is 24.8 Å². The molecular weight excluding hydrogens is 330 g/mol. The first-order chi connectivity index (χ1) is 12.7. The van der Waals surface area contributed by atoms with E-state index in [0.29, 0.717) is 18.2 Å². The Bertz CT molecular complexity index is 874. The van der Waals surface area contributed by atoms with Crippen LogP contribution in [0.4, 0.5) is 0 Å². The summed E-state index contributed by atoms with van der Waals surface area (Å²) in [5.41, 5.74) is 1.71. The Balaban J connectivity index is 1.63. The van der Waals surface area contributed by atoms with Crippen molar-refractivity contribution >= 4 is 5.91 Å². The third-order valence-electron chi connectivity index (χ3n) is 3.86. The SMILES string of the molecule is CCc1nccn1CC(=O)NCc1cccnc1Oc1ccc(C)nc1. The first kappa shape index (κ1) is 17.6. The second kappa shape index (κ2) is 8.24. The molecule has 0 radical (unpaired) electrons. The molecule has 0 spiro atoms. The number of carbonyl (C=O) groups excluding carboxylic acids is 1. The van der Waals surface area contributed by atoms with Crippen molar-refractivity contribution in [3.8, 4) is 11.6 Å². The molecule has 0 fully saturated rings. The average molecular weight is 351 g/mol. The molecule has 0 unspecified atom stereocenters. The molecule has 3 aromatic rings. The van der Waals surface area contributed by atoms with Gasteiger partial charge in [0, 0.05) is 42.8 Å². The number of imidazole rings is 1. The Morgan fingerprint density at radius 2 is 2.08 bits per heavy atom. The zero-order chi connectivity index (χ0) is 18.4. The van der Waals surface area contributed by atoms with E-state index in [1.54, 1.807) is 24.8 Å². The predicted octanol–water partition coefficient (Wildman–Crippen LogP) is 2.65. The molecule has 1 N–H and O–H groups in total. The van der Waals surface area contributed by atoms with Crippen LogP contribution in [0.2, 0.25) is 0 Å². The van der Waals surface area contributed by atoms with Crippen LogP contribution in [0.15, 0.2) is 49.1 Å². The van der Waals surface area contributed by atoms with Crippen LogP contribution in [0, 0.1) is 6.92 Å². The van der Waals surface area contributed by atoms with Gasteiger partial charge in [-0.05, 0) is 25.1 Å². The van der Waals surface area contributed by atoms with Gasteiger partial charge in [-0.25, -0.2) is 9.97 Å². The molecule has 0 saturated heterocycles. The minimum Gasteiger partial charge on any atom is -0.437 e. The molecule has 3 aromatic heterocycles. The summed E-state index contributed by atoms with van der Waals surface area (Å²) in [5.74, 6) is 1.85. The van der Waals surface area contributed by atoms with Crippen LogP contribution in [0.1, 0.15) is 24.0 Å². The van der Waals surface area contributed by atoms with E-state index >= 15 is 0 Å². The van der Waals surface area contributed by atoms with Gasteiger partial charge in [0.05, 0.1) is 6.20 Å². The molecule has 0 aliphatic heterocycles. The number of carbonyl (C=O) groups is 1. The first-order valence-electron chi connectivity index (χ1n) is 8.47. The Labute approximate surface area is 152 Å². The van der Waals surface area contributed by atoms with Crippen molar-refractivity contribution in [2.75, 3.05) is 0 Å². The van der Waals surface area contributed by atoms with Gasteiger partial charge in [-0.15, -0.1) is 0 Å². The third kappa shape index (κ3) is 4.44. The quantitative estimate of drug-likeness (QED) is 0.708. The number of rotatable bonds is 7. The van der Waals surface area contributed by atoms with Gasteiger partial charge >= 0.3 is 0 Å². The van der Waals surface area contributed by atoms with Gasteiger partial charge in [-0.2, -0.15) is 0 Å². The van der Waals surface area contributed by atoms with Crippen LogP contribution >= 0.6 is 0 Å². The summed E-state index contributed by atoms with van der Waals surface area (Å²) in [6, 6.07) is 7.40. The van der Waals surface area contributed by atoms with E-state index in [9.17, 15) is 4.79 Å². The van der Waals surface area contributed by atoms with Gasteiger partial charge in [0.2, 0.25) is 11.8 Å². The predicted molar refractivity (Wildman–Crippen MR) is 96.7 cm³/mol. The van der Waals surface area contributed by atoms with Crippen LogP contribution in [-0.4, -0.2) is 25.4 Å². The number of amides is 1. The molecule has 1 amide bonds. The molecule has 134 valence electrons. The summed E-state index contributed by atoms with van der Waals surface area (Å²) < 4.78 is 7.64. The van der Waals surface area contributed by atoms with E-state index in [4.69, 9.17) is 4.74 Å². The molecular formula is C19H21N5O2. The highest BCUT2D eigenvalue weighted by Crippen LogP contribution is 2.22. The lowest BCUT2D eigenvalue weighted by Crippen LogP contribution is -2.27. The van der Waals surface area contributed by atoms with Crippen LogP contribution in [0.25, 0.3) is 0 Å². The standard InChI is InChI=1S/C19H21N5O2/c1-3-17-20-9-10-24(17)13-18(25)23-11-15-5-4-8-21-19(15)26-16-7-6-14(2)22-12-16/h4-10,12H,3,11,13H2,1-2H3,(H,23,25). The topological polar surface area (TPSA) is 81.9 Å². The molecule has 0 bridgehead atoms. The number of nitrogens with one attached hydrogen (secondary N) is 1.